The first-order chi connectivity index (χ1) is 11.1. The lowest BCUT2D eigenvalue weighted by molar-refractivity contribution is -0.126. The Morgan fingerprint density at radius 3 is 2.83 bits per heavy atom. The third kappa shape index (κ3) is 3.25. The van der Waals surface area contributed by atoms with Crippen molar-refractivity contribution in [1.82, 2.24) is 5.32 Å². The smallest absolute Gasteiger partial charge is 0.227 e. The number of fused-ring (bicyclic) bond motifs is 1. The maximum atomic E-state index is 12.3. The first kappa shape index (κ1) is 15.6. The molecule has 2 aliphatic heterocycles. The zero-order valence-corrected chi connectivity index (χ0v) is 13.5. The van der Waals surface area contributed by atoms with E-state index in [1.165, 1.54) is 0 Å². The molecule has 1 N–H and O–H groups in total. The van der Waals surface area contributed by atoms with Gasteiger partial charge in [-0.15, -0.1) is 0 Å². The molecule has 2 aliphatic rings. The van der Waals surface area contributed by atoms with E-state index in [-0.39, 0.29) is 30.2 Å². The molecule has 2 atom stereocenters. The summed E-state index contributed by atoms with van der Waals surface area (Å²) in [6.07, 6.45) is 1.12. The highest BCUT2D eigenvalue weighted by Crippen LogP contribution is 2.35. The minimum absolute atomic E-state index is 0.0361. The summed E-state index contributed by atoms with van der Waals surface area (Å²) in [5, 5.41) is 2.95. The van der Waals surface area contributed by atoms with Gasteiger partial charge in [0.15, 0.2) is 11.5 Å². The number of anilines is 1. The maximum absolute atomic E-state index is 12.3. The molecule has 1 aromatic rings. The molecule has 1 fully saturated rings. The number of rotatable bonds is 4. The van der Waals surface area contributed by atoms with Gasteiger partial charge in [-0.05, 0) is 25.5 Å². The molecule has 2 amide bonds. The van der Waals surface area contributed by atoms with Crippen LogP contribution >= 0.6 is 0 Å². The summed E-state index contributed by atoms with van der Waals surface area (Å²) < 4.78 is 11.0. The lowest BCUT2D eigenvalue weighted by Gasteiger charge is -2.22. The Kier molecular flexibility index (Phi) is 4.41. The summed E-state index contributed by atoms with van der Waals surface area (Å²) in [6, 6.07) is 5.58. The van der Waals surface area contributed by atoms with E-state index in [1.54, 1.807) is 11.0 Å². The van der Waals surface area contributed by atoms with Crippen molar-refractivity contribution in [2.45, 2.75) is 32.7 Å². The van der Waals surface area contributed by atoms with Crippen molar-refractivity contribution in [1.29, 1.82) is 0 Å². The Hall–Kier alpha value is -2.24. The van der Waals surface area contributed by atoms with E-state index in [0.29, 0.717) is 31.3 Å². The number of ether oxygens (including phenoxy) is 2. The Morgan fingerprint density at radius 1 is 1.35 bits per heavy atom. The van der Waals surface area contributed by atoms with Crippen molar-refractivity contribution in [3.05, 3.63) is 18.2 Å². The van der Waals surface area contributed by atoms with E-state index in [2.05, 4.69) is 5.32 Å². The van der Waals surface area contributed by atoms with Gasteiger partial charge in [0.1, 0.15) is 13.2 Å². The number of carbonyl (C=O) groups excluding carboxylic acids is 2. The predicted octanol–water partition coefficient (Wildman–Crippen LogP) is 1.73. The number of nitrogens with one attached hydrogen (secondary N) is 1. The van der Waals surface area contributed by atoms with E-state index in [4.69, 9.17) is 9.47 Å². The van der Waals surface area contributed by atoms with Gasteiger partial charge in [-0.1, -0.05) is 6.92 Å². The van der Waals surface area contributed by atoms with Gasteiger partial charge in [-0.2, -0.15) is 0 Å². The third-order valence-electron chi connectivity index (χ3n) is 4.33. The number of hydrogen-bond acceptors (Lipinski definition) is 4. The minimum Gasteiger partial charge on any atom is -0.486 e. The summed E-state index contributed by atoms with van der Waals surface area (Å²) >= 11 is 0. The molecule has 6 heteroatoms. The Morgan fingerprint density at radius 2 is 2.09 bits per heavy atom. The summed E-state index contributed by atoms with van der Waals surface area (Å²) in [5.74, 6) is 0.954. The molecular formula is C17H22N2O4. The molecule has 124 valence electrons. The summed E-state index contributed by atoms with van der Waals surface area (Å²) in [6.45, 7) is 5.43. The third-order valence-corrected chi connectivity index (χ3v) is 4.33. The van der Waals surface area contributed by atoms with Crippen LogP contribution in [0.5, 0.6) is 11.5 Å². The van der Waals surface area contributed by atoms with Crippen LogP contribution < -0.4 is 19.7 Å². The lowest BCUT2D eigenvalue weighted by Crippen LogP contribution is -2.38. The molecule has 0 spiro atoms. The second-order valence-electron chi connectivity index (χ2n) is 6.05. The molecule has 1 saturated heterocycles. The first-order valence-electron chi connectivity index (χ1n) is 8.09. The van der Waals surface area contributed by atoms with Crippen LogP contribution in [0.25, 0.3) is 0 Å². The molecule has 0 unspecified atom stereocenters. The van der Waals surface area contributed by atoms with Crippen molar-refractivity contribution >= 4 is 17.5 Å². The van der Waals surface area contributed by atoms with Crippen LogP contribution in [0.15, 0.2) is 18.2 Å². The molecule has 3 rings (SSSR count). The zero-order valence-electron chi connectivity index (χ0n) is 13.5. The quantitative estimate of drug-likeness (QED) is 0.918. The van der Waals surface area contributed by atoms with Crippen LogP contribution in [0, 0.1) is 5.92 Å². The van der Waals surface area contributed by atoms with E-state index in [9.17, 15) is 9.59 Å². The molecule has 0 radical (unpaired) electrons. The fraction of sp³-hybridized carbons (Fsp3) is 0.529. The van der Waals surface area contributed by atoms with Gasteiger partial charge >= 0.3 is 0 Å². The van der Waals surface area contributed by atoms with Gasteiger partial charge in [0.2, 0.25) is 11.8 Å². The first-order valence-corrected chi connectivity index (χ1v) is 8.09. The van der Waals surface area contributed by atoms with E-state index in [1.807, 2.05) is 26.0 Å². The maximum Gasteiger partial charge on any atom is 0.227 e. The second kappa shape index (κ2) is 6.48. The van der Waals surface area contributed by atoms with Crippen molar-refractivity contribution in [2.24, 2.45) is 5.92 Å². The van der Waals surface area contributed by atoms with Crippen molar-refractivity contribution < 1.29 is 19.1 Å². The number of amides is 2. The van der Waals surface area contributed by atoms with E-state index >= 15 is 0 Å². The monoisotopic (exact) mass is 318 g/mol. The lowest BCUT2D eigenvalue weighted by atomic mass is 10.1. The highest BCUT2D eigenvalue weighted by molar-refractivity contribution is 6.00. The molecule has 0 aromatic heterocycles. The average Bonchev–Trinajstić information content (AvgIpc) is 2.96. The summed E-state index contributed by atoms with van der Waals surface area (Å²) in [7, 11) is 0. The molecule has 23 heavy (non-hydrogen) atoms. The number of nitrogens with zero attached hydrogens (tertiary/aromatic N) is 1. The molecule has 0 aliphatic carbocycles. The molecular weight excluding hydrogens is 296 g/mol. The Balaban J connectivity index is 1.71. The largest absolute Gasteiger partial charge is 0.486 e. The van der Waals surface area contributed by atoms with Gasteiger partial charge in [0, 0.05) is 30.8 Å². The SMILES string of the molecule is CC[C@@H](C)NC(=O)[C@H]1CC(=O)N(c2ccc3c(c2)OCCO3)C1. The van der Waals surface area contributed by atoms with Gasteiger partial charge in [-0.25, -0.2) is 0 Å². The molecule has 0 saturated carbocycles. The van der Waals surface area contributed by atoms with Crippen LogP contribution in [-0.4, -0.2) is 37.6 Å². The fourth-order valence-corrected chi connectivity index (χ4v) is 2.80. The normalized spacial score (nSPS) is 21.2. The van der Waals surface area contributed by atoms with Gasteiger partial charge in [-0.3, -0.25) is 9.59 Å². The van der Waals surface area contributed by atoms with Crippen LogP contribution in [0.1, 0.15) is 26.7 Å². The summed E-state index contributed by atoms with van der Waals surface area (Å²) in [4.78, 5) is 26.2. The van der Waals surface area contributed by atoms with E-state index < -0.39 is 0 Å². The van der Waals surface area contributed by atoms with Crippen molar-refractivity contribution in [3.8, 4) is 11.5 Å². The highest BCUT2D eigenvalue weighted by atomic mass is 16.6. The topological polar surface area (TPSA) is 67.9 Å². The number of carbonyl (C=O) groups is 2. The summed E-state index contributed by atoms with van der Waals surface area (Å²) in [5.41, 5.74) is 0.748. The van der Waals surface area contributed by atoms with Crippen molar-refractivity contribution in [2.75, 3.05) is 24.7 Å². The van der Waals surface area contributed by atoms with Crippen molar-refractivity contribution in [3.63, 3.8) is 0 Å². The van der Waals surface area contributed by atoms with Crippen LogP contribution in [0.4, 0.5) is 5.69 Å². The average molecular weight is 318 g/mol. The molecule has 1 aromatic carbocycles. The van der Waals surface area contributed by atoms with Crippen LogP contribution in [0.3, 0.4) is 0 Å². The highest BCUT2D eigenvalue weighted by Gasteiger charge is 2.35. The molecule has 6 nitrogen and oxygen atoms in total. The standard InChI is InChI=1S/C17H22N2O4/c1-3-11(2)18-17(21)12-8-16(20)19(10-12)13-4-5-14-15(9-13)23-7-6-22-14/h4-5,9,11-12H,3,6-8,10H2,1-2H3,(H,18,21)/t11-,12+/m1/s1. The van der Waals surface area contributed by atoms with E-state index in [0.717, 1.165) is 12.1 Å². The second-order valence-corrected chi connectivity index (χ2v) is 6.05. The minimum atomic E-state index is -0.301. The number of hydrogen-bond donors (Lipinski definition) is 1. The Labute approximate surface area is 135 Å². The fourth-order valence-electron chi connectivity index (χ4n) is 2.80. The Bertz CT molecular complexity index is 617. The van der Waals surface area contributed by atoms with Gasteiger partial charge < -0.3 is 19.7 Å². The van der Waals surface area contributed by atoms with Gasteiger partial charge in [0.25, 0.3) is 0 Å². The van der Waals surface area contributed by atoms with Gasteiger partial charge in [0.05, 0.1) is 5.92 Å². The van der Waals surface area contributed by atoms with Crippen LogP contribution in [-0.2, 0) is 9.59 Å². The molecule has 0 bridgehead atoms. The van der Waals surface area contributed by atoms with Crippen LogP contribution in [0.2, 0.25) is 0 Å². The number of benzene rings is 1. The predicted molar refractivity (Wildman–Crippen MR) is 85.8 cm³/mol. The molecule has 2 heterocycles. The zero-order chi connectivity index (χ0) is 16.4.